The van der Waals surface area contributed by atoms with Gasteiger partial charge in [-0.15, -0.1) is 0 Å². The van der Waals surface area contributed by atoms with Crippen LogP contribution in [-0.2, 0) is 10.8 Å². The maximum atomic E-state index is 11.3. The Bertz CT molecular complexity index is 858. The van der Waals surface area contributed by atoms with Gasteiger partial charge in [-0.05, 0) is 28.5 Å². The monoisotopic (exact) mass is 340 g/mol. The molecule has 1 aliphatic rings. The van der Waals surface area contributed by atoms with E-state index in [1.54, 1.807) is 12.1 Å². The van der Waals surface area contributed by atoms with Crippen molar-refractivity contribution in [2.24, 2.45) is 0 Å². The van der Waals surface area contributed by atoms with E-state index in [2.05, 4.69) is 52.9 Å². The summed E-state index contributed by atoms with van der Waals surface area (Å²) in [5.41, 5.74) is 3.28. The van der Waals surface area contributed by atoms with E-state index in [-0.39, 0.29) is 16.5 Å². The molecule has 0 radical (unpaired) electrons. The third kappa shape index (κ3) is 3.06. The molecule has 0 fully saturated rings. The van der Waals surface area contributed by atoms with Gasteiger partial charge in [0.25, 0.3) is 5.69 Å². The zero-order valence-electron chi connectivity index (χ0n) is 15.6. The van der Waals surface area contributed by atoms with E-state index in [1.165, 1.54) is 6.07 Å². The number of anilines is 2. The van der Waals surface area contributed by atoms with Crippen molar-refractivity contribution in [1.29, 1.82) is 0 Å². The maximum Gasteiger partial charge on any atom is 0.296 e. The molecule has 1 aliphatic heterocycles. The molecule has 0 unspecified atom stereocenters. The van der Waals surface area contributed by atoms with Crippen LogP contribution in [0.1, 0.15) is 52.7 Å². The molecular formula is C20H24N2O3. The van der Waals surface area contributed by atoms with Crippen LogP contribution in [0.25, 0.3) is 0 Å². The second-order valence-electron chi connectivity index (χ2n) is 8.53. The summed E-state index contributed by atoms with van der Waals surface area (Å²) < 4.78 is 6.13. The van der Waals surface area contributed by atoms with Crippen LogP contribution < -0.4 is 10.1 Å². The number of benzene rings is 2. The number of hydrogen-bond acceptors (Lipinski definition) is 4. The van der Waals surface area contributed by atoms with Crippen molar-refractivity contribution >= 4 is 17.1 Å². The number of nitrogens with zero attached hydrogens (tertiary/aromatic N) is 1. The zero-order valence-corrected chi connectivity index (χ0v) is 15.6. The van der Waals surface area contributed by atoms with Gasteiger partial charge in [0.2, 0.25) is 0 Å². The number of ether oxygens (including phenoxy) is 1. The molecule has 0 amide bonds. The van der Waals surface area contributed by atoms with Gasteiger partial charge in [-0.1, -0.05) is 53.7 Å². The van der Waals surface area contributed by atoms with Crippen LogP contribution in [0.2, 0.25) is 0 Å². The number of rotatable bonds is 1. The third-order valence-electron chi connectivity index (χ3n) is 4.44. The number of fused-ring (bicyclic) bond motifs is 2. The minimum atomic E-state index is -0.390. The first-order chi connectivity index (χ1) is 11.5. The first-order valence-electron chi connectivity index (χ1n) is 8.40. The molecule has 132 valence electrons. The highest BCUT2D eigenvalue weighted by atomic mass is 16.6. The third-order valence-corrected chi connectivity index (χ3v) is 4.44. The Kier molecular flexibility index (Phi) is 3.78. The van der Waals surface area contributed by atoms with Crippen molar-refractivity contribution in [2.45, 2.75) is 52.4 Å². The van der Waals surface area contributed by atoms with Gasteiger partial charge in [-0.25, -0.2) is 0 Å². The Balaban J connectivity index is 2.23. The Morgan fingerprint density at radius 3 is 2.28 bits per heavy atom. The van der Waals surface area contributed by atoms with E-state index in [9.17, 15) is 10.1 Å². The number of nitro benzene ring substituents is 1. The quantitative estimate of drug-likeness (QED) is 0.433. The second kappa shape index (κ2) is 5.48. The smallest absolute Gasteiger partial charge is 0.296 e. The van der Waals surface area contributed by atoms with Gasteiger partial charge in [-0.3, -0.25) is 10.1 Å². The molecule has 1 heterocycles. The van der Waals surface area contributed by atoms with Gasteiger partial charge >= 0.3 is 0 Å². The SMILES string of the molecule is CC(C)(C)c1cc2c(c(C(C)(C)C)c1)Oc1cccc([N+](=O)[O-])c1N2. The lowest BCUT2D eigenvalue weighted by molar-refractivity contribution is -0.384. The Hall–Kier alpha value is -2.56. The van der Waals surface area contributed by atoms with E-state index in [0.29, 0.717) is 11.4 Å². The lowest BCUT2D eigenvalue weighted by atomic mass is 9.79. The summed E-state index contributed by atoms with van der Waals surface area (Å²) in [6.45, 7) is 12.9. The minimum Gasteiger partial charge on any atom is -0.452 e. The molecule has 1 N–H and O–H groups in total. The summed E-state index contributed by atoms with van der Waals surface area (Å²) >= 11 is 0. The highest BCUT2D eigenvalue weighted by Crippen LogP contribution is 2.50. The largest absolute Gasteiger partial charge is 0.452 e. The topological polar surface area (TPSA) is 64.4 Å². The predicted octanol–water partition coefficient (Wildman–Crippen LogP) is 6.04. The zero-order chi connectivity index (χ0) is 18.6. The van der Waals surface area contributed by atoms with Crippen molar-refractivity contribution in [1.82, 2.24) is 0 Å². The van der Waals surface area contributed by atoms with Crippen LogP contribution in [0.15, 0.2) is 30.3 Å². The first kappa shape index (κ1) is 17.3. The van der Waals surface area contributed by atoms with Crippen LogP contribution in [-0.4, -0.2) is 4.92 Å². The normalized spacial score (nSPS) is 13.4. The minimum absolute atomic E-state index is 0.0154. The molecule has 0 atom stereocenters. The average Bonchev–Trinajstić information content (AvgIpc) is 2.49. The lowest BCUT2D eigenvalue weighted by Gasteiger charge is -2.31. The van der Waals surface area contributed by atoms with Gasteiger partial charge in [0, 0.05) is 11.6 Å². The summed E-state index contributed by atoms with van der Waals surface area (Å²) in [6.07, 6.45) is 0. The molecule has 0 aliphatic carbocycles. The summed E-state index contributed by atoms with van der Waals surface area (Å²) in [5, 5.41) is 14.6. The average molecular weight is 340 g/mol. The van der Waals surface area contributed by atoms with E-state index in [1.807, 2.05) is 6.07 Å². The van der Waals surface area contributed by atoms with E-state index < -0.39 is 4.92 Å². The fraction of sp³-hybridized carbons (Fsp3) is 0.400. The molecule has 0 saturated heterocycles. The molecule has 5 heteroatoms. The fourth-order valence-corrected chi connectivity index (χ4v) is 2.95. The van der Waals surface area contributed by atoms with Crippen LogP contribution in [0.4, 0.5) is 17.1 Å². The van der Waals surface area contributed by atoms with E-state index >= 15 is 0 Å². The van der Waals surface area contributed by atoms with Gasteiger partial charge in [0.05, 0.1) is 10.6 Å². The van der Waals surface area contributed by atoms with Crippen molar-refractivity contribution in [3.05, 3.63) is 51.6 Å². The van der Waals surface area contributed by atoms with Gasteiger partial charge < -0.3 is 10.1 Å². The lowest BCUT2D eigenvalue weighted by Crippen LogP contribution is -2.19. The Morgan fingerprint density at radius 2 is 1.72 bits per heavy atom. The molecule has 3 rings (SSSR count). The maximum absolute atomic E-state index is 11.3. The molecule has 25 heavy (non-hydrogen) atoms. The van der Waals surface area contributed by atoms with Crippen molar-refractivity contribution in [3.63, 3.8) is 0 Å². The van der Waals surface area contributed by atoms with Crippen LogP contribution in [0.3, 0.4) is 0 Å². The van der Waals surface area contributed by atoms with E-state index in [4.69, 9.17) is 4.74 Å². The number of hydrogen-bond donors (Lipinski definition) is 1. The summed E-state index contributed by atoms with van der Waals surface area (Å²) in [6, 6.07) is 9.10. The summed E-state index contributed by atoms with van der Waals surface area (Å²) in [5.74, 6) is 1.23. The Labute approximate surface area is 148 Å². The van der Waals surface area contributed by atoms with Gasteiger partial charge in [0.1, 0.15) is 0 Å². The summed E-state index contributed by atoms with van der Waals surface area (Å²) in [7, 11) is 0. The molecule has 0 spiro atoms. The molecular weight excluding hydrogens is 316 g/mol. The first-order valence-corrected chi connectivity index (χ1v) is 8.40. The Morgan fingerprint density at radius 1 is 1.04 bits per heavy atom. The standard InChI is InChI=1S/C20H24N2O3/c1-19(2,3)12-10-13(20(4,5)6)18-14(11-12)21-17-15(22(23)24)8-7-9-16(17)25-18/h7-11,21H,1-6H3. The number of para-hydroxylation sites is 1. The van der Waals surface area contributed by atoms with Crippen LogP contribution in [0.5, 0.6) is 11.5 Å². The van der Waals surface area contributed by atoms with Crippen molar-refractivity contribution in [2.75, 3.05) is 5.32 Å². The number of nitrogens with one attached hydrogen (secondary N) is 1. The molecule has 2 aromatic rings. The molecule has 5 nitrogen and oxygen atoms in total. The number of nitro groups is 1. The van der Waals surface area contributed by atoms with Crippen LogP contribution >= 0.6 is 0 Å². The molecule has 0 bridgehead atoms. The predicted molar refractivity (Wildman–Crippen MR) is 100 cm³/mol. The second-order valence-corrected chi connectivity index (χ2v) is 8.53. The van der Waals surface area contributed by atoms with Gasteiger partial charge in [0.15, 0.2) is 17.2 Å². The van der Waals surface area contributed by atoms with E-state index in [0.717, 1.165) is 22.6 Å². The highest BCUT2D eigenvalue weighted by molar-refractivity contribution is 5.83. The van der Waals surface area contributed by atoms with Gasteiger partial charge in [-0.2, -0.15) is 0 Å². The molecule has 2 aromatic carbocycles. The van der Waals surface area contributed by atoms with Crippen molar-refractivity contribution in [3.8, 4) is 11.5 Å². The molecule has 0 aromatic heterocycles. The van der Waals surface area contributed by atoms with Crippen LogP contribution in [0, 0.1) is 10.1 Å². The highest BCUT2D eigenvalue weighted by Gasteiger charge is 2.31. The molecule has 0 saturated carbocycles. The summed E-state index contributed by atoms with van der Waals surface area (Å²) in [4.78, 5) is 11.0. The fourth-order valence-electron chi connectivity index (χ4n) is 2.95. The van der Waals surface area contributed by atoms with Crippen molar-refractivity contribution < 1.29 is 9.66 Å².